The molecule has 2 heterocycles. The molecular formula is C10H11ClN4. The molecule has 0 unspecified atom stereocenters. The van der Waals surface area contributed by atoms with Crippen molar-refractivity contribution in [1.29, 1.82) is 5.26 Å². The second kappa shape index (κ2) is 4.47. The summed E-state index contributed by atoms with van der Waals surface area (Å²) in [4.78, 5) is 6.32. The number of pyridine rings is 1. The van der Waals surface area contributed by atoms with Crippen molar-refractivity contribution in [1.82, 2.24) is 10.3 Å². The number of nitrogens with zero attached hydrogens (tertiary/aromatic N) is 3. The first-order valence-electron chi connectivity index (χ1n) is 4.82. The van der Waals surface area contributed by atoms with Crippen molar-refractivity contribution < 1.29 is 0 Å². The summed E-state index contributed by atoms with van der Waals surface area (Å²) in [6, 6.07) is 3.78. The number of anilines is 1. The molecule has 5 heteroatoms. The van der Waals surface area contributed by atoms with Crippen LogP contribution in [0.3, 0.4) is 0 Å². The molecule has 0 amide bonds. The molecule has 15 heavy (non-hydrogen) atoms. The van der Waals surface area contributed by atoms with Crippen LogP contribution in [0.15, 0.2) is 12.3 Å². The lowest BCUT2D eigenvalue weighted by atomic mass is 10.2. The van der Waals surface area contributed by atoms with E-state index in [2.05, 4.69) is 21.3 Å². The summed E-state index contributed by atoms with van der Waals surface area (Å²) in [5.74, 6) is 0.739. The molecule has 0 aliphatic carbocycles. The van der Waals surface area contributed by atoms with Gasteiger partial charge >= 0.3 is 0 Å². The molecule has 1 fully saturated rings. The number of rotatable bonds is 1. The fourth-order valence-corrected chi connectivity index (χ4v) is 1.80. The van der Waals surface area contributed by atoms with Crippen LogP contribution in [0.2, 0.25) is 5.02 Å². The normalized spacial score (nSPS) is 16.1. The van der Waals surface area contributed by atoms with Crippen LogP contribution in [0, 0.1) is 11.3 Å². The van der Waals surface area contributed by atoms with E-state index in [4.69, 9.17) is 16.9 Å². The maximum Gasteiger partial charge on any atom is 0.146 e. The Kier molecular flexibility index (Phi) is 3.05. The van der Waals surface area contributed by atoms with Gasteiger partial charge in [-0.05, 0) is 6.07 Å². The first-order valence-corrected chi connectivity index (χ1v) is 5.20. The van der Waals surface area contributed by atoms with E-state index >= 15 is 0 Å². The molecule has 0 spiro atoms. The predicted molar refractivity (Wildman–Crippen MR) is 59.0 cm³/mol. The first-order chi connectivity index (χ1) is 7.31. The van der Waals surface area contributed by atoms with Gasteiger partial charge in [0, 0.05) is 32.4 Å². The van der Waals surface area contributed by atoms with Crippen molar-refractivity contribution >= 4 is 17.4 Å². The van der Waals surface area contributed by atoms with Gasteiger partial charge in [0.25, 0.3) is 0 Å². The van der Waals surface area contributed by atoms with Gasteiger partial charge in [-0.15, -0.1) is 0 Å². The fraction of sp³-hybridized carbons (Fsp3) is 0.400. The molecule has 0 bridgehead atoms. The van der Waals surface area contributed by atoms with E-state index in [1.165, 1.54) is 0 Å². The zero-order valence-corrected chi connectivity index (χ0v) is 8.96. The molecule has 0 atom stereocenters. The van der Waals surface area contributed by atoms with Crippen LogP contribution in [-0.2, 0) is 0 Å². The Morgan fingerprint density at radius 1 is 1.47 bits per heavy atom. The summed E-state index contributed by atoms with van der Waals surface area (Å²) < 4.78 is 0. The summed E-state index contributed by atoms with van der Waals surface area (Å²) in [5.41, 5.74) is 0.546. The van der Waals surface area contributed by atoms with E-state index in [-0.39, 0.29) is 0 Å². The van der Waals surface area contributed by atoms with Gasteiger partial charge in [-0.3, -0.25) is 0 Å². The average molecular weight is 223 g/mol. The van der Waals surface area contributed by atoms with Crippen LogP contribution in [0.5, 0.6) is 0 Å². The molecule has 1 aromatic heterocycles. The van der Waals surface area contributed by atoms with Crippen molar-refractivity contribution in [3.05, 3.63) is 22.8 Å². The quantitative estimate of drug-likeness (QED) is 0.771. The molecule has 0 saturated carbocycles. The van der Waals surface area contributed by atoms with Crippen LogP contribution in [0.25, 0.3) is 0 Å². The number of nitriles is 1. The summed E-state index contributed by atoms with van der Waals surface area (Å²) >= 11 is 5.79. The fourth-order valence-electron chi connectivity index (χ4n) is 1.64. The van der Waals surface area contributed by atoms with Gasteiger partial charge < -0.3 is 10.2 Å². The van der Waals surface area contributed by atoms with Gasteiger partial charge in [-0.25, -0.2) is 4.98 Å². The highest BCUT2D eigenvalue weighted by Gasteiger charge is 2.15. The van der Waals surface area contributed by atoms with E-state index in [9.17, 15) is 0 Å². The SMILES string of the molecule is N#Cc1cc(Cl)cnc1N1CCNCC1. The van der Waals surface area contributed by atoms with Gasteiger partial charge in [0.2, 0.25) is 0 Å². The third-order valence-electron chi connectivity index (χ3n) is 2.37. The molecule has 2 rings (SSSR count). The number of aromatic nitrogens is 1. The lowest BCUT2D eigenvalue weighted by Crippen LogP contribution is -2.44. The number of halogens is 1. The average Bonchev–Trinajstić information content (AvgIpc) is 2.30. The zero-order valence-electron chi connectivity index (χ0n) is 8.20. The third kappa shape index (κ3) is 2.20. The maximum atomic E-state index is 8.98. The number of hydrogen-bond acceptors (Lipinski definition) is 4. The third-order valence-corrected chi connectivity index (χ3v) is 2.58. The van der Waals surface area contributed by atoms with Gasteiger partial charge in [0.1, 0.15) is 11.9 Å². The summed E-state index contributed by atoms with van der Waals surface area (Å²) in [6.07, 6.45) is 1.58. The smallest absolute Gasteiger partial charge is 0.146 e. The van der Waals surface area contributed by atoms with Crippen LogP contribution < -0.4 is 10.2 Å². The second-order valence-electron chi connectivity index (χ2n) is 3.37. The molecule has 0 aromatic carbocycles. The Hall–Kier alpha value is -1.31. The van der Waals surface area contributed by atoms with Gasteiger partial charge in [-0.1, -0.05) is 11.6 Å². The molecular weight excluding hydrogens is 212 g/mol. The summed E-state index contributed by atoms with van der Waals surface area (Å²) in [7, 11) is 0. The Bertz CT molecular complexity index is 393. The topological polar surface area (TPSA) is 52.0 Å². The summed E-state index contributed by atoms with van der Waals surface area (Å²) in [5, 5.41) is 12.7. The molecule has 0 radical (unpaired) electrons. The van der Waals surface area contributed by atoms with Gasteiger partial charge in [0.05, 0.1) is 10.6 Å². The first kappa shape index (κ1) is 10.2. The Labute approximate surface area is 93.5 Å². The highest BCUT2D eigenvalue weighted by molar-refractivity contribution is 6.30. The van der Waals surface area contributed by atoms with E-state index in [1.807, 2.05) is 0 Å². The van der Waals surface area contributed by atoms with Crippen LogP contribution in [-0.4, -0.2) is 31.2 Å². The van der Waals surface area contributed by atoms with Crippen molar-refractivity contribution in [3.8, 4) is 6.07 Å². The molecule has 1 N–H and O–H groups in total. The van der Waals surface area contributed by atoms with E-state index in [0.717, 1.165) is 32.0 Å². The molecule has 1 saturated heterocycles. The highest BCUT2D eigenvalue weighted by atomic mass is 35.5. The number of hydrogen-bond donors (Lipinski definition) is 1. The number of nitrogens with one attached hydrogen (secondary N) is 1. The van der Waals surface area contributed by atoms with E-state index in [0.29, 0.717) is 10.6 Å². The molecule has 78 valence electrons. The maximum absolute atomic E-state index is 8.98. The molecule has 4 nitrogen and oxygen atoms in total. The Morgan fingerprint density at radius 3 is 2.87 bits per heavy atom. The minimum Gasteiger partial charge on any atom is -0.353 e. The second-order valence-corrected chi connectivity index (χ2v) is 3.81. The summed E-state index contributed by atoms with van der Waals surface area (Å²) in [6.45, 7) is 3.61. The van der Waals surface area contributed by atoms with E-state index < -0.39 is 0 Å². The van der Waals surface area contributed by atoms with Crippen LogP contribution in [0.4, 0.5) is 5.82 Å². The molecule has 1 aliphatic rings. The predicted octanol–water partition coefficient (Wildman–Crippen LogP) is 1.02. The lowest BCUT2D eigenvalue weighted by molar-refractivity contribution is 0.584. The number of piperazine rings is 1. The van der Waals surface area contributed by atoms with Crippen molar-refractivity contribution in [2.75, 3.05) is 31.1 Å². The minimum absolute atomic E-state index is 0.505. The molecule has 1 aromatic rings. The zero-order chi connectivity index (χ0) is 10.7. The van der Waals surface area contributed by atoms with E-state index in [1.54, 1.807) is 12.3 Å². The van der Waals surface area contributed by atoms with Gasteiger partial charge in [0.15, 0.2) is 0 Å². The standard InChI is InChI=1S/C10H11ClN4/c11-9-5-8(6-12)10(14-7-9)15-3-1-13-2-4-15/h5,7,13H,1-4H2. The monoisotopic (exact) mass is 222 g/mol. The largest absolute Gasteiger partial charge is 0.353 e. The highest BCUT2D eigenvalue weighted by Crippen LogP contribution is 2.20. The van der Waals surface area contributed by atoms with Crippen molar-refractivity contribution in [3.63, 3.8) is 0 Å². The lowest BCUT2D eigenvalue weighted by Gasteiger charge is -2.28. The van der Waals surface area contributed by atoms with Crippen LogP contribution >= 0.6 is 11.6 Å². The van der Waals surface area contributed by atoms with Crippen molar-refractivity contribution in [2.45, 2.75) is 0 Å². The Morgan fingerprint density at radius 2 is 2.20 bits per heavy atom. The Balaban J connectivity index is 2.30. The van der Waals surface area contributed by atoms with Crippen molar-refractivity contribution in [2.24, 2.45) is 0 Å². The van der Waals surface area contributed by atoms with Crippen LogP contribution in [0.1, 0.15) is 5.56 Å². The minimum atomic E-state index is 0.505. The van der Waals surface area contributed by atoms with Gasteiger partial charge in [-0.2, -0.15) is 5.26 Å². The molecule has 1 aliphatic heterocycles.